The first-order chi connectivity index (χ1) is 7.49. The van der Waals surface area contributed by atoms with Crippen LogP contribution in [0.5, 0.6) is 0 Å². The Hall–Kier alpha value is -0.610. The van der Waals surface area contributed by atoms with Crippen LogP contribution in [0.15, 0.2) is 0 Å². The van der Waals surface area contributed by atoms with Gasteiger partial charge in [-0.05, 0) is 39.2 Å². The highest BCUT2D eigenvalue weighted by atomic mass is 16.3. The first kappa shape index (κ1) is 13.5. The summed E-state index contributed by atoms with van der Waals surface area (Å²) in [7, 11) is 2.00. The van der Waals surface area contributed by atoms with E-state index in [2.05, 4.69) is 10.2 Å². The summed E-state index contributed by atoms with van der Waals surface area (Å²) in [5.74, 6) is 0.419. The molecule has 0 spiro atoms. The first-order valence-corrected chi connectivity index (χ1v) is 6.14. The Morgan fingerprint density at radius 2 is 2.12 bits per heavy atom. The van der Waals surface area contributed by atoms with Crippen molar-refractivity contribution in [2.75, 3.05) is 20.1 Å². The lowest BCUT2D eigenvalue weighted by Crippen LogP contribution is -2.38. The van der Waals surface area contributed by atoms with E-state index in [0.717, 1.165) is 6.42 Å². The zero-order valence-corrected chi connectivity index (χ0v) is 10.6. The minimum absolute atomic E-state index is 0.0897. The van der Waals surface area contributed by atoms with E-state index in [9.17, 15) is 9.90 Å². The van der Waals surface area contributed by atoms with E-state index in [0.29, 0.717) is 25.0 Å². The summed E-state index contributed by atoms with van der Waals surface area (Å²) in [6.07, 6.45) is 2.89. The van der Waals surface area contributed by atoms with Crippen molar-refractivity contribution in [3.8, 4) is 0 Å². The summed E-state index contributed by atoms with van der Waals surface area (Å²) < 4.78 is 0. The van der Waals surface area contributed by atoms with Gasteiger partial charge in [0.05, 0.1) is 12.6 Å². The molecule has 0 bridgehead atoms. The van der Waals surface area contributed by atoms with Crippen molar-refractivity contribution in [2.45, 2.75) is 45.3 Å². The van der Waals surface area contributed by atoms with Gasteiger partial charge < -0.3 is 10.4 Å². The Morgan fingerprint density at radius 1 is 1.50 bits per heavy atom. The number of amides is 1. The number of hydrogen-bond acceptors (Lipinski definition) is 3. The number of aliphatic hydroxyl groups is 1. The van der Waals surface area contributed by atoms with Crippen molar-refractivity contribution in [1.29, 1.82) is 0 Å². The van der Waals surface area contributed by atoms with Crippen LogP contribution in [-0.4, -0.2) is 48.2 Å². The van der Waals surface area contributed by atoms with E-state index in [1.54, 1.807) is 6.92 Å². The van der Waals surface area contributed by atoms with Gasteiger partial charge in [-0.15, -0.1) is 0 Å². The number of hydrogen-bond donors (Lipinski definition) is 2. The minimum atomic E-state index is -0.291. The molecule has 2 unspecified atom stereocenters. The molecule has 4 heteroatoms. The van der Waals surface area contributed by atoms with Crippen LogP contribution in [0.3, 0.4) is 0 Å². The molecule has 0 saturated heterocycles. The molecule has 2 atom stereocenters. The SMILES string of the molecule is CC(O)CC(C)CNC(=O)CN(C)C1CC1. The van der Waals surface area contributed by atoms with Crippen molar-refractivity contribution in [2.24, 2.45) is 5.92 Å². The van der Waals surface area contributed by atoms with Gasteiger partial charge in [0.15, 0.2) is 0 Å². The van der Waals surface area contributed by atoms with Gasteiger partial charge in [-0.1, -0.05) is 6.92 Å². The highest BCUT2D eigenvalue weighted by Gasteiger charge is 2.27. The quantitative estimate of drug-likeness (QED) is 0.671. The molecule has 1 fully saturated rings. The molecule has 1 aliphatic rings. The monoisotopic (exact) mass is 228 g/mol. The zero-order valence-electron chi connectivity index (χ0n) is 10.6. The largest absolute Gasteiger partial charge is 0.393 e. The number of nitrogens with one attached hydrogen (secondary N) is 1. The predicted molar refractivity (Wildman–Crippen MR) is 64.1 cm³/mol. The molecule has 0 heterocycles. The molecule has 16 heavy (non-hydrogen) atoms. The third kappa shape index (κ3) is 5.47. The molecule has 0 aromatic heterocycles. The standard InChI is InChI=1S/C12H24N2O2/c1-9(6-10(2)15)7-13-12(16)8-14(3)11-4-5-11/h9-11,15H,4-8H2,1-3H3,(H,13,16). The fourth-order valence-electron chi connectivity index (χ4n) is 1.88. The Balaban J connectivity index is 2.09. The van der Waals surface area contributed by atoms with Gasteiger partial charge in [0.25, 0.3) is 0 Å². The fourth-order valence-corrected chi connectivity index (χ4v) is 1.88. The van der Waals surface area contributed by atoms with E-state index in [4.69, 9.17) is 0 Å². The number of carbonyl (C=O) groups is 1. The van der Waals surface area contributed by atoms with Crippen LogP contribution in [0, 0.1) is 5.92 Å². The second-order valence-corrected chi connectivity index (χ2v) is 5.14. The molecule has 1 rings (SSSR count). The third-order valence-electron chi connectivity index (χ3n) is 2.95. The number of likely N-dealkylation sites (N-methyl/N-ethyl adjacent to an activating group) is 1. The second-order valence-electron chi connectivity index (χ2n) is 5.14. The van der Waals surface area contributed by atoms with Gasteiger partial charge in [0.2, 0.25) is 5.91 Å². The molecular weight excluding hydrogens is 204 g/mol. The molecule has 0 aromatic rings. The van der Waals surface area contributed by atoms with Crippen molar-refractivity contribution >= 4 is 5.91 Å². The lowest BCUT2D eigenvalue weighted by Gasteiger charge is -2.17. The van der Waals surface area contributed by atoms with Gasteiger partial charge in [0, 0.05) is 12.6 Å². The molecule has 94 valence electrons. The summed E-state index contributed by atoms with van der Waals surface area (Å²) in [4.78, 5) is 13.7. The topological polar surface area (TPSA) is 52.6 Å². The molecule has 4 nitrogen and oxygen atoms in total. The summed E-state index contributed by atoms with van der Waals surface area (Å²) in [6.45, 7) is 4.96. The van der Waals surface area contributed by atoms with Crippen molar-refractivity contribution in [3.05, 3.63) is 0 Å². The first-order valence-electron chi connectivity index (χ1n) is 6.14. The van der Waals surface area contributed by atoms with Crippen LogP contribution in [0.1, 0.15) is 33.1 Å². The molecule has 0 aromatic carbocycles. The Labute approximate surface area is 98.0 Å². The number of rotatable bonds is 7. The van der Waals surface area contributed by atoms with Gasteiger partial charge in [-0.3, -0.25) is 9.69 Å². The molecular formula is C12H24N2O2. The molecule has 0 aliphatic heterocycles. The maximum Gasteiger partial charge on any atom is 0.234 e. The third-order valence-corrected chi connectivity index (χ3v) is 2.95. The van der Waals surface area contributed by atoms with Gasteiger partial charge in [-0.25, -0.2) is 0 Å². The average Bonchev–Trinajstić information content (AvgIpc) is 2.96. The fraction of sp³-hybridized carbons (Fsp3) is 0.917. The Morgan fingerprint density at radius 3 is 2.62 bits per heavy atom. The zero-order chi connectivity index (χ0) is 12.1. The molecule has 1 amide bonds. The van der Waals surface area contributed by atoms with Crippen LogP contribution in [0.2, 0.25) is 0 Å². The maximum atomic E-state index is 11.6. The van der Waals surface area contributed by atoms with Crippen LogP contribution in [0.4, 0.5) is 0 Å². The van der Waals surface area contributed by atoms with Crippen LogP contribution in [0.25, 0.3) is 0 Å². The number of nitrogens with zero attached hydrogens (tertiary/aromatic N) is 1. The summed E-state index contributed by atoms with van der Waals surface area (Å²) in [6, 6.07) is 0.626. The Kier molecular flexibility index (Phi) is 5.22. The average molecular weight is 228 g/mol. The van der Waals surface area contributed by atoms with Gasteiger partial charge >= 0.3 is 0 Å². The second kappa shape index (κ2) is 6.21. The molecule has 1 saturated carbocycles. The van der Waals surface area contributed by atoms with E-state index >= 15 is 0 Å². The maximum absolute atomic E-state index is 11.6. The summed E-state index contributed by atoms with van der Waals surface area (Å²) in [5.41, 5.74) is 0. The van der Waals surface area contributed by atoms with Crippen molar-refractivity contribution in [1.82, 2.24) is 10.2 Å². The molecule has 2 N–H and O–H groups in total. The summed E-state index contributed by atoms with van der Waals surface area (Å²) >= 11 is 0. The lowest BCUT2D eigenvalue weighted by molar-refractivity contribution is -0.122. The predicted octanol–water partition coefficient (Wildman–Crippen LogP) is 0.604. The van der Waals surface area contributed by atoms with Crippen LogP contribution in [-0.2, 0) is 4.79 Å². The van der Waals surface area contributed by atoms with Crippen molar-refractivity contribution < 1.29 is 9.90 Å². The van der Waals surface area contributed by atoms with Crippen LogP contribution < -0.4 is 5.32 Å². The summed E-state index contributed by atoms with van der Waals surface area (Å²) in [5, 5.41) is 12.1. The van der Waals surface area contributed by atoms with E-state index < -0.39 is 0 Å². The van der Waals surface area contributed by atoms with Crippen LogP contribution >= 0.6 is 0 Å². The van der Waals surface area contributed by atoms with Crippen molar-refractivity contribution in [3.63, 3.8) is 0 Å². The highest BCUT2D eigenvalue weighted by molar-refractivity contribution is 5.78. The molecule has 0 radical (unpaired) electrons. The minimum Gasteiger partial charge on any atom is -0.393 e. The van der Waals surface area contributed by atoms with Gasteiger partial charge in [-0.2, -0.15) is 0 Å². The van der Waals surface area contributed by atoms with E-state index in [-0.39, 0.29) is 12.0 Å². The van der Waals surface area contributed by atoms with E-state index in [1.807, 2.05) is 14.0 Å². The lowest BCUT2D eigenvalue weighted by atomic mass is 10.0. The normalized spacial score (nSPS) is 19.6. The Bertz CT molecular complexity index is 227. The van der Waals surface area contributed by atoms with Gasteiger partial charge in [0.1, 0.15) is 0 Å². The number of carbonyl (C=O) groups excluding carboxylic acids is 1. The van der Waals surface area contributed by atoms with E-state index in [1.165, 1.54) is 12.8 Å². The molecule has 1 aliphatic carbocycles. The highest BCUT2D eigenvalue weighted by Crippen LogP contribution is 2.24. The smallest absolute Gasteiger partial charge is 0.234 e. The number of aliphatic hydroxyl groups excluding tert-OH is 1.